The number of ether oxygens (including phenoxy) is 6. The van der Waals surface area contributed by atoms with Gasteiger partial charge in [-0.25, -0.2) is 18.9 Å². The summed E-state index contributed by atoms with van der Waals surface area (Å²) in [6, 6.07) is 0.255. The number of urea groups is 1. The summed E-state index contributed by atoms with van der Waals surface area (Å²) in [5, 5.41) is 63.8. The first-order valence-corrected chi connectivity index (χ1v) is 26.5. The number of nitrogen functional groups attached to an aromatic ring is 1. The van der Waals surface area contributed by atoms with Gasteiger partial charge in [-0.15, -0.1) is 0 Å². The second-order valence-electron chi connectivity index (χ2n) is 16.5. The minimum atomic E-state index is -5.74. The second kappa shape index (κ2) is 26.7. The molecule has 31 nitrogen and oxygen atoms in total. The third-order valence-electron chi connectivity index (χ3n) is 11.3. The number of anilines is 1. The number of phosphoric ester groups is 2. The Morgan fingerprint density at radius 2 is 1.48 bits per heavy atom. The van der Waals surface area contributed by atoms with E-state index in [0.717, 1.165) is 35.9 Å². The number of phosphoric acid groups is 2. The molecule has 14 N–H and O–H groups in total. The Hall–Kier alpha value is -3.47. The molecular formula is C37H61N9O22P2S. The molecular weight excluding hydrogens is 1020 g/mol. The van der Waals surface area contributed by atoms with E-state index in [1.165, 1.54) is 0 Å². The van der Waals surface area contributed by atoms with Crippen molar-refractivity contribution in [1.82, 2.24) is 40.8 Å². The van der Waals surface area contributed by atoms with Crippen LogP contribution in [0, 0.1) is 0 Å². The van der Waals surface area contributed by atoms with E-state index in [4.69, 9.17) is 43.2 Å². The molecule has 4 fully saturated rings. The first-order chi connectivity index (χ1) is 33.8. The van der Waals surface area contributed by atoms with E-state index in [2.05, 4.69) is 40.5 Å². The number of imidazole rings is 1. The Bertz CT molecular complexity index is 2240. The Morgan fingerprint density at radius 1 is 0.817 bits per heavy atom. The van der Waals surface area contributed by atoms with Gasteiger partial charge in [-0.1, -0.05) is 6.42 Å². The number of amides is 4. The van der Waals surface area contributed by atoms with Crippen LogP contribution in [0.3, 0.4) is 0 Å². The van der Waals surface area contributed by atoms with Crippen molar-refractivity contribution in [3.05, 3.63) is 16.7 Å². The highest BCUT2D eigenvalue weighted by atomic mass is 32.2. The fourth-order valence-electron chi connectivity index (χ4n) is 7.72. The number of aromatic amines is 1. The van der Waals surface area contributed by atoms with Crippen LogP contribution < -0.4 is 32.6 Å². The minimum absolute atomic E-state index is 0.0334. The number of H-pyrrole nitrogens is 1. The van der Waals surface area contributed by atoms with Gasteiger partial charge < -0.3 is 90.7 Å². The molecule has 6 heterocycles. The lowest BCUT2D eigenvalue weighted by Gasteiger charge is -2.40. The first kappa shape index (κ1) is 56.8. The summed E-state index contributed by atoms with van der Waals surface area (Å²) in [5.41, 5.74) is 4.55. The minimum Gasteiger partial charge on any atom is -0.388 e. The van der Waals surface area contributed by atoms with E-state index in [-0.39, 0.29) is 74.0 Å². The van der Waals surface area contributed by atoms with Crippen LogP contribution in [0.1, 0.15) is 38.3 Å². The maximum absolute atomic E-state index is 12.8. The second-order valence-corrected chi connectivity index (χ2v) is 20.7. The summed E-state index contributed by atoms with van der Waals surface area (Å²) in [4.78, 5) is 78.7. The Labute approximate surface area is 408 Å². The van der Waals surface area contributed by atoms with Gasteiger partial charge in [-0.3, -0.25) is 33.0 Å². The molecule has 402 valence electrons. The van der Waals surface area contributed by atoms with E-state index in [9.17, 15) is 63.6 Å². The van der Waals surface area contributed by atoms with Crippen molar-refractivity contribution in [1.29, 1.82) is 0 Å². The van der Waals surface area contributed by atoms with Gasteiger partial charge in [-0.2, -0.15) is 21.1 Å². The predicted molar refractivity (Wildman–Crippen MR) is 241 cm³/mol. The topological polar surface area (TPSA) is 448 Å². The molecule has 0 aromatic carbocycles. The average molecular weight is 1080 g/mol. The van der Waals surface area contributed by atoms with Crippen LogP contribution >= 0.6 is 27.4 Å². The van der Waals surface area contributed by atoms with Crippen molar-refractivity contribution in [2.45, 2.75) is 105 Å². The fourth-order valence-corrected chi connectivity index (χ4v) is 11.4. The molecule has 7 unspecified atom stereocenters. The van der Waals surface area contributed by atoms with E-state index < -0.39 is 95.5 Å². The Balaban J connectivity index is 0.766. The molecule has 4 aliphatic rings. The van der Waals surface area contributed by atoms with Crippen LogP contribution in [0.25, 0.3) is 11.2 Å². The van der Waals surface area contributed by atoms with Gasteiger partial charge in [0.25, 0.3) is 5.56 Å². The number of fused-ring (bicyclic) bond motifs is 2. The maximum atomic E-state index is 12.8. The van der Waals surface area contributed by atoms with E-state index in [1.807, 2.05) is 11.8 Å². The number of rotatable bonds is 30. The zero-order valence-electron chi connectivity index (χ0n) is 38.0. The van der Waals surface area contributed by atoms with Crippen molar-refractivity contribution < 1.29 is 101 Å². The predicted octanol–water partition coefficient (Wildman–Crippen LogP) is -4.21. The molecule has 4 aliphatic heterocycles. The summed E-state index contributed by atoms with van der Waals surface area (Å²) in [7, 11) is -11.3. The number of aromatic nitrogens is 4. The largest absolute Gasteiger partial charge is 0.483 e. The van der Waals surface area contributed by atoms with Gasteiger partial charge >= 0.3 is 21.7 Å². The summed E-state index contributed by atoms with van der Waals surface area (Å²) in [6.07, 6.45) is -12.6. The van der Waals surface area contributed by atoms with Crippen molar-refractivity contribution >= 4 is 62.4 Å². The number of hydrogen-bond acceptors (Lipinski definition) is 24. The molecule has 6 rings (SSSR count). The molecule has 0 radical (unpaired) electrons. The molecule has 34 heteroatoms. The summed E-state index contributed by atoms with van der Waals surface area (Å²) < 4.78 is 72.7. The Kier molecular flexibility index (Phi) is 21.3. The van der Waals surface area contributed by atoms with Gasteiger partial charge in [0.1, 0.15) is 42.7 Å². The van der Waals surface area contributed by atoms with Crippen LogP contribution in [0.2, 0.25) is 0 Å². The highest BCUT2D eigenvalue weighted by Gasteiger charge is 2.50. The van der Waals surface area contributed by atoms with E-state index >= 15 is 0 Å². The number of nitrogens with one attached hydrogen (secondary N) is 5. The van der Waals surface area contributed by atoms with Gasteiger partial charge in [0.05, 0.1) is 77.9 Å². The molecule has 0 aliphatic carbocycles. The molecule has 0 saturated carbocycles. The number of hydrogen-bond donors (Lipinski definition) is 13. The lowest BCUT2D eigenvalue weighted by atomic mass is 9.99. The summed E-state index contributed by atoms with van der Waals surface area (Å²) >= 11 is 1.86. The van der Waals surface area contributed by atoms with Crippen LogP contribution in [-0.4, -0.2) is 217 Å². The maximum Gasteiger partial charge on any atom is 0.483 e. The van der Waals surface area contributed by atoms with Crippen LogP contribution in [0.4, 0.5) is 10.7 Å². The standard InChI is InChI=1S/C37H61N9O22P2S/c38-36-44-32-26(33(54)45-36)41-18-46(32)34-30(52)28(50)21(65-34)16-64-69(56,57)68-70(58,59)67-35-31(53)29(51)27(49)20(66-35)15-40-24(48)5-7-60-9-11-62-13-14-63-12-10-61-8-6-39-23(47)4-2-1-3-22-25-19(17-71-22)42-37(55)43-25/h18-22,25,27-31,34-35,49-53H,1-17H2,(H,39,47)(H,40,48)(H,56,57)(H,58,59)(H2,42,43,55)(H3,38,44,45,54)/t19-,20?,21+,22-,25-,27+,28?,29?,30?,31?,34+,35+/m0/s1. The fraction of sp³-hybridized carbons (Fsp3) is 0.784. The molecule has 71 heavy (non-hydrogen) atoms. The molecule has 0 bridgehead atoms. The zero-order chi connectivity index (χ0) is 51.3. The van der Waals surface area contributed by atoms with Crippen LogP contribution in [-0.2, 0) is 60.5 Å². The molecule has 2 aromatic rings. The molecule has 2 aromatic heterocycles. The highest BCUT2D eigenvalue weighted by Crippen LogP contribution is 2.61. The van der Waals surface area contributed by atoms with E-state index in [0.29, 0.717) is 44.6 Å². The van der Waals surface area contributed by atoms with Crippen molar-refractivity contribution in [2.24, 2.45) is 0 Å². The number of carbonyl (C=O) groups excluding carboxylic acids is 3. The molecule has 4 amide bonds. The summed E-state index contributed by atoms with van der Waals surface area (Å²) in [6.45, 7) is 0.706. The average Bonchev–Trinajstić information content (AvgIpc) is 4.07. The highest BCUT2D eigenvalue weighted by molar-refractivity contribution is 8.00. The number of carbonyl (C=O) groups is 3. The van der Waals surface area contributed by atoms with Crippen molar-refractivity contribution in [3.63, 3.8) is 0 Å². The number of aliphatic hydroxyl groups is 5. The molecule has 0 spiro atoms. The number of aliphatic hydroxyl groups excluding tert-OH is 5. The van der Waals surface area contributed by atoms with Crippen LogP contribution in [0.15, 0.2) is 11.1 Å². The van der Waals surface area contributed by atoms with E-state index in [1.54, 1.807) is 0 Å². The summed E-state index contributed by atoms with van der Waals surface area (Å²) in [5.74, 6) is -0.0162. The van der Waals surface area contributed by atoms with Crippen molar-refractivity contribution in [3.8, 4) is 0 Å². The Morgan fingerprint density at radius 3 is 2.20 bits per heavy atom. The van der Waals surface area contributed by atoms with Gasteiger partial charge in [0, 0.05) is 36.9 Å². The normalized spacial score (nSPS) is 30.1. The first-order valence-electron chi connectivity index (χ1n) is 22.5. The number of nitrogens with two attached hydrogens (primary N) is 1. The lowest BCUT2D eigenvalue weighted by Crippen LogP contribution is -2.60. The lowest BCUT2D eigenvalue weighted by molar-refractivity contribution is -0.273. The monoisotopic (exact) mass is 1080 g/mol. The van der Waals surface area contributed by atoms with Crippen LogP contribution in [0.5, 0.6) is 0 Å². The van der Waals surface area contributed by atoms with Crippen molar-refractivity contribution in [2.75, 3.05) is 84.0 Å². The third-order valence-corrected chi connectivity index (χ3v) is 15.4. The van der Waals surface area contributed by atoms with Gasteiger partial charge in [0.2, 0.25) is 17.8 Å². The number of nitrogens with zero attached hydrogens (tertiary/aromatic N) is 3. The number of unbranched alkanes of at least 4 members (excludes halogenated alkanes) is 1. The molecule has 4 saturated heterocycles. The zero-order valence-corrected chi connectivity index (χ0v) is 40.6. The smallest absolute Gasteiger partial charge is 0.388 e. The molecule has 14 atom stereocenters. The van der Waals surface area contributed by atoms with Gasteiger partial charge in [-0.05, 0) is 12.8 Å². The third kappa shape index (κ3) is 16.5. The quantitative estimate of drug-likeness (QED) is 0.0200. The van der Waals surface area contributed by atoms with Gasteiger partial charge in [0.15, 0.2) is 23.7 Å². The number of thioether (sulfide) groups is 1. The SMILES string of the molecule is Nc1nc2c(ncn2[C@@H]2O[C@H](COP(=O)(O)OP(=O)(O)O[C@H]3OC(CNC(=O)CCOCCOCCOCCOCCNC(=O)CCCC[C@@H]4SC[C@@H]5NC(=O)N[C@@H]54)[C@@H](O)C(O)C3O)C(O)C2O)c(=O)[nH]1.